The van der Waals surface area contributed by atoms with Crippen molar-refractivity contribution in [2.24, 2.45) is 5.41 Å². The fourth-order valence-electron chi connectivity index (χ4n) is 2.01. The van der Waals surface area contributed by atoms with Gasteiger partial charge < -0.3 is 9.84 Å². The topological polar surface area (TPSA) is 29.5 Å². The Labute approximate surface area is 88.5 Å². The van der Waals surface area contributed by atoms with Crippen LogP contribution in [0.15, 0.2) is 17.5 Å². The molecule has 1 N–H and O–H groups in total. The molecule has 2 nitrogen and oxygen atoms in total. The van der Waals surface area contributed by atoms with Crippen LogP contribution in [-0.2, 0) is 11.2 Å². The summed E-state index contributed by atoms with van der Waals surface area (Å²) < 4.78 is 5.47. The highest BCUT2D eigenvalue weighted by Gasteiger charge is 2.32. The molecular formula is C11H16O2S. The van der Waals surface area contributed by atoms with E-state index in [0.29, 0.717) is 6.61 Å². The molecule has 1 aromatic heterocycles. The molecule has 1 aliphatic heterocycles. The largest absolute Gasteiger partial charge is 0.396 e. The Bertz CT molecular complexity index is 263. The van der Waals surface area contributed by atoms with Crippen LogP contribution in [0.25, 0.3) is 0 Å². The van der Waals surface area contributed by atoms with E-state index in [0.717, 1.165) is 25.9 Å². The summed E-state index contributed by atoms with van der Waals surface area (Å²) in [6.45, 7) is 1.80. The second-order valence-electron chi connectivity index (χ2n) is 4.07. The van der Waals surface area contributed by atoms with E-state index in [1.807, 2.05) is 0 Å². The van der Waals surface area contributed by atoms with Crippen molar-refractivity contribution in [2.45, 2.75) is 19.3 Å². The SMILES string of the molecule is OCC1(Cc2cccs2)CCCOC1. The molecule has 0 radical (unpaired) electrons. The van der Waals surface area contributed by atoms with Crippen molar-refractivity contribution >= 4 is 11.3 Å². The summed E-state index contributed by atoms with van der Waals surface area (Å²) in [4.78, 5) is 1.35. The summed E-state index contributed by atoms with van der Waals surface area (Å²) in [5, 5.41) is 11.6. The molecule has 2 rings (SSSR count). The van der Waals surface area contributed by atoms with Gasteiger partial charge in [0.15, 0.2) is 0 Å². The fourth-order valence-corrected chi connectivity index (χ4v) is 2.89. The third kappa shape index (κ3) is 2.16. The van der Waals surface area contributed by atoms with E-state index in [-0.39, 0.29) is 12.0 Å². The second-order valence-corrected chi connectivity index (χ2v) is 5.10. The van der Waals surface area contributed by atoms with Crippen LogP contribution in [0.1, 0.15) is 17.7 Å². The Balaban J connectivity index is 2.04. The maximum atomic E-state index is 9.46. The first-order chi connectivity index (χ1) is 6.85. The molecule has 2 heterocycles. The maximum Gasteiger partial charge on any atom is 0.0547 e. The van der Waals surface area contributed by atoms with Crippen LogP contribution in [0.5, 0.6) is 0 Å². The highest BCUT2D eigenvalue weighted by atomic mass is 32.1. The van der Waals surface area contributed by atoms with Crippen LogP contribution in [0, 0.1) is 5.41 Å². The van der Waals surface area contributed by atoms with Crippen molar-refractivity contribution in [3.05, 3.63) is 22.4 Å². The number of hydrogen-bond acceptors (Lipinski definition) is 3. The van der Waals surface area contributed by atoms with Gasteiger partial charge >= 0.3 is 0 Å². The number of thiophene rings is 1. The van der Waals surface area contributed by atoms with E-state index in [9.17, 15) is 5.11 Å². The lowest BCUT2D eigenvalue weighted by Gasteiger charge is -2.35. The predicted octanol–water partition coefficient (Wildman–Crippen LogP) is 2.08. The third-order valence-corrected chi connectivity index (χ3v) is 3.75. The van der Waals surface area contributed by atoms with E-state index >= 15 is 0 Å². The minimum Gasteiger partial charge on any atom is -0.396 e. The summed E-state index contributed by atoms with van der Waals surface area (Å²) in [7, 11) is 0. The van der Waals surface area contributed by atoms with Gasteiger partial charge in [-0.05, 0) is 30.7 Å². The Morgan fingerprint density at radius 2 is 2.50 bits per heavy atom. The molecule has 78 valence electrons. The minimum atomic E-state index is -0.0108. The number of hydrogen-bond donors (Lipinski definition) is 1. The molecule has 0 spiro atoms. The zero-order chi connectivity index (χ0) is 9.86. The molecular weight excluding hydrogens is 196 g/mol. The van der Waals surface area contributed by atoms with Gasteiger partial charge in [0.1, 0.15) is 0 Å². The molecule has 14 heavy (non-hydrogen) atoms. The molecule has 0 bridgehead atoms. The standard InChI is InChI=1S/C11H16O2S/c12-8-11(4-2-5-13-9-11)7-10-3-1-6-14-10/h1,3,6,12H,2,4-5,7-9H2. The molecule has 0 aliphatic carbocycles. The molecule has 0 saturated carbocycles. The average molecular weight is 212 g/mol. The third-order valence-electron chi connectivity index (χ3n) is 2.87. The molecule has 1 aliphatic rings. The normalized spacial score (nSPS) is 27.8. The molecule has 1 aromatic rings. The molecule has 1 saturated heterocycles. The summed E-state index contributed by atoms with van der Waals surface area (Å²) in [6, 6.07) is 4.20. The summed E-state index contributed by atoms with van der Waals surface area (Å²) in [5.41, 5.74) is -0.0108. The lowest BCUT2D eigenvalue weighted by molar-refractivity contribution is -0.0374. The highest BCUT2D eigenvalue weighted by Crippen LogP contribution is 2.33. The van der Waals surface area contributed by atoms with Gasteiger partial charge in [-0.2, -0.15) is 0 Å². The lowest BCUT2D eigenvalue weighted by atomic mass is 9.80. The lowest BCUT2D eigenvalue weighted by Crippen LogP contribution is -2.37. The van der Waals surface area contributed by atoms with Crippen molar-refractivity contribution < 1.29 is 9.84 Å². The van der Waals surface area contributed by atoms with Gasteiger partial charge in [-0.15, -0.1) is 11.3 Å². The van der Waals surface area contributed by atoms with Gasteiger partial charge in [0, 0.05) is 16.9 Å². The zero-order valence-electron chi connectivity index (χ0n) is 8.24. The quantitative estimate of drug-likeness (QED) is 0.831. The smallest absolute Gasteiger partial charge is 0.0547 e. The molecule has 0 aromatic carbocycles. The van der Waals surface area contributed by atoms with Crippen molar-refractivity contribution in [3.63, 3.8) is 0 Å². The van der Waals surface area contributed by atoms with Gasteiger partial charge in [0.05, 0.1) is 13.2 Å². The first kappa shape index (κ1) is 10.1. The summed E-state index contributed by atoms with van der Waals surface area (Å²) in [5.74, 6) is 0. The highest BCUT2D eigenvalue weighted by molar-refractivity contribution is 7.09. The fraction of sp³-hybridized carbons (Fsp3) is 0.636. The summed E-state index contributed by atoms with van der Waals surface area (Å²) >= 11 is 1.76. The van der Waals surface area contributed by atoms with Gasteiger partial charge in [-0.25, -0.2) is 0 Å². The first-order valence-electron chi connectivity index (χ1n) is 5.06. The molecule has 1 fully saturated rings. The molecule has 0 amide bonds. The Kier molecular flexibility index (Phi) is 3.21. The van der Waals surface area contributed by atoms with Crippen molar-refractivity contribution in [2.75, 3.05) is 19.8 Å². The number of aliphatic hydroxyl groups is 1. The van der Waals surface area contributed by atoms with E-state index in [2.05, 4.69) is 17.5 Å². The van der Waals surface area contributed by atoms with Crippen LogP contribution < -0.4 is 0 Å². The van der Waals surface area contributed by atoms with Crippen LogP contribution in [-0.4, -0.2) is 24.9 Å². The molecule has 3 heteroatoms. The zero-order valence-corrected chi connectivity index (χ0v) is 9.05. The number of ether oxygens (including phenoxy) is 1. The average Bonchev–Trinajstić information content (AvgIpc) is 2.72. The van der Waals surface area contributed by atoms with E-state index in [1.165, 1.54) is 4.88 Å². The van der Waals surface area contributed by atoms with E-state index in [1.54, 1.807) is 11.3 Å². The number of aliphatic hydroxyl groups excluding tert-OH is 1. The Hall–Kier alpha value is -0.380. The monoisotopic (exact) mass is 212 g/mol. The number of rotatable bonds is 3. The predicted molar refractivity (Wildman–Crippen MR) is 57.6 cm³/mol. The van der Waals surface area contributed by atoms with Crippen LogP contribution in [0.4, 0.5) is 0 Å². The van der Waals surface area contributed by atoms with Gasteiger partial charge in [0.2, 0.25) is 0 Å². The molecule has 1 unspecified atom stereocenters. The van der Waals surface area contributed by atoms with Crippen molar-refractivity contribution in [1.29, 1.82) is 0 Å². The second kappa shape index (κ2) is 4.43. The van der Waals surface area contributed by atoms with Gasteiger partial charge in [0.25, 0.3) is 0 Å². The maximum absolute atomic E-state index is 9.46. The van der Waals surface area contributed by atoms with Crippen molar-refractivity contribution in [1.82, 2.24) is 0 Å². The van der Waals surface area contributed by atoms with E-state index in [4.69, 9.17) is 4.74 Å². The Morgan fingerprint density at radius 1 is 1.57 bits per heavy atom. The van der Waals surface area contributed by atoms with Gasteiger partial charge in [-0.3, -0.25) is 0 Å². The van der Waals surface area contributed by atoms with E-state index < -0.39 is 0 Å². The van der Waals surface area contributed by atoms with Crippen LogP contribution in [0.3, 0.4) is 0 Å². The van der Waals surface area contributed by atoms with Crippen LogP contribution in [0.2, 0.25) is 0 Å². The van der Waals surface area contributed by atoms with Gasteiger partial charge in [-0.1, -0.05) is 6.07 Å². The van der Waals surface area contributed by atoms with Crippen LogP contribution >= 0.6 is 11.3 Å². The Morgan fingerprint density at radius 3 is 3.07 bits per heavy atom. The minimum absolute atomic E-state index is 0.0108. The first-order valence-corrected chi connectivity index (χ1v) is 5.94. The van der Waals surface area contributed by atoms with Crippen molar-refractivity contribution in [3.8, 4) is 0 Å². The summed E-state index contributed by atoms with van der Waals surface area (Å²) in [6.07, 6.45) is 3.12. The molecule has 1 atom stereocenters.